The van der Waals surface area contributed by atoms with Crippen LogP contribution in [-0.4, -0.2) is 30.3 Å². The number of carbonyl (C=O) groups excluding carboxylic acids is 1. The van der Waals surface area contributed by atoms with E-state index in [4.69, 9.17) is 0 Å². The molecule has 0 radical (unpaired) electrons. The Kier molecular flexibility index (Phi) is 3.85. The van der Waals surface area contributed by atoms with E-state index in [0.717, 1.165) is 23.4 Å². The van der Waals surface area contributed by atoms with Gasteiger partial charge in [0.15, 0.2) is 5.65 Å². The molecule has 0 fully saturated rings. The van der Waals surface area contributed by atoms with E-state index in [-0.39, 0.29) is 5.91 Å². The van der Waals surface area contributed by atoms with Crippen molar-refractivity contribution in [2.75, 3.05) is 5.32 Å². The molecule has 3 aromatic heterocycles. The van der Waals surface area contributed by atoms with E-state index in [9.17, 15) is 4.79 Å². The second kappa shape index (κ2) is 5.83. The first-order chi connectivity index (χ1) is 11.0. The summed E-state index contributed by atoms with van der Waals surface area (Å²) in [4.78, 5) is 17.0. The minimum Gasteiger partial charge on any atom is -0.319 e. The van der Waals surface area contributed by atoms with Crippen LogP contribution in [0.2, 0.25) is 0 Å². The smallest absolute Gasteiger partial charge is 0.259 e. The van der Waals surface area contributed by atoms with Crippen LogP contribution in [0.5, 0.6) is 0 Å². The fraction of sp³-hybridized carbons (Fsp3) is 0.375. The third-order valence-electron chi connectivity index (χ3n) is 4.12. The van der Waals surface area contributed by atoms with E-state index in [2.05, 4.69) is 34.3 Å². The molecule has 23 heavy (non-hydrogen) atoms. The minimum atomic E-state index is -0.209. The van der Waals surface area contributed by atoms with Gasteiger partial charge in [-0.15, -0.1) is 0 Å². The highest BCUT2D eigenvalue weighted by molar-refractivity contribution is 6.05. The second-order valence-corrected chi connectivity index (χ2v) is 5.67. The normalized spacial score (nSPS) is 12.5. The van der Waals surface area contributed by atoms with Gasteiger partial charge >= 0.3 is 0 Å². The molecule has 0 aliphatic carbocycles. The molecular formula is C16H20N6O. The van der Waals surface area contributed by atoms with Crippen molar-refractivity contribution in [1.82, 2.24) is 24.4 Å². The predicted octanol–water partition coefficient (Wildman–Crippen LogP) is 2.77. The maximum absolute atomic E-state index is 12.6. The van der Waals surface area contributed by atoms with Crippen LogP contribution in [0.1, 0.15) is 48.1 Å². The molecule has 1 amide bonds. The average Bonchev–Trinajstić information content (AvgIpc) is 3.12. The highest BCUT2D eigenvalue weighted by atomic mass is 16.1. The van der Waals surface area contributed by atoms with E-state index in [1.807, 2.05) is 18.5 Å². The topological polar surface area (TPSA) is 77.1 Å². The third-order valence-corrected chi connectivity index (χ3v) is 4.12. The van der Waals surface area contributed by atoms with Crippen LogP contribution in [0, 0.1) is 13.8 Å². The molecule has 7 heteroatoms. The molecule has 0 spiro atoms. The highest BCUT2D eigenvalue weighted by Crippen LogP contribution is 2.20. The number of aromatic nitrogens is 5. The van der Waals surface area contributed by atoms with Crippen molar-refractivity contribution in [2.24, 2.45) is 0 Å². The molecule has 1 N–H and O–H groups in total. The zero-order valence-corrected chi connectivity index (χ0v) is 13.7. The largest absolute Gasteiger partial charge is 0.319 e. The first kappa shape index (κ1) is 15.2. The lowest BCUT2D eigenvalue weighted by atomic mass is 10.2. The summed E-state index contributed by atoms with van der Waals surface area (Å²) < 4.78 is 3.52. The molecule has 0 aromatic carbocycles. The molecule has 3 heterocycles. The SMILES string of the molecule is CCC(C)n1ncc(NC(=O)c2cn3nccc3nc2C)c1C. The summed E-state index contributed by atoms with van der Waals surface area (Å²) in [6.07, 6.45) is 6.02. The fourth-order valence-electron chi connectivity index (χ4n) is 2.52. The van der Waals surface area contributed by atoms with Gasteiger partial charge in [0.05, 0.1) is 35.0 Å². The number of nitrogens with one attached hydrogen (secondary N) is 1. The van der Waals surface area contributed by atoms with Crippen molar-refractivity contribution < 1.29 is 4.79 Å². The monoisotopic (exact) mass is 312 g/mol. The van der Waals surface area contributed by atoms with Crippen LogP contribution in [0.15, 0.2) is 24.7 Å². The molecular weight excluding hydrogens is 292 g/mol. The quantitative estimate of drug-likeness (QED) is 0.803. The maximum Gasteiger partial charge on any atom is 0.259 e. The molecule has 120 valence electrons. The van der Waals surface area contributed by atoms with Crippen molar-refractivity contribution in [1.29, 1.82) is 0 Å². The van der Waals surface area contributed by atoms with Gasteiger partial charge in [-0.25, -0.2) is 9.50 Å². The Morgan fingerprint density at radius 2 is 2.13 bits per heavy atom. The summed E-state index contributed by atoms with van der Waals surface area (Å²) in [6.45, 7) is 7.98. The third kappa shape index (κ3) is 2.69. The number of anilines is 1. The highest BCUT2D eigenvalue weighted by Gasteiger charge is 2.16. The first-order valence-corrected chi connectivity index (χ1v) is 7.67. The number of aryl methyl sites for hydroxylation is 1. The summed E-state index contributed by atoms with van der Waals surface area (Å²) in [5, 5.41) is 11.4. The predicted molar refractivity (Wildman–Crippen MR) is 87.6 cm³/mol. The van der Waals surface area contributed by atoms with Gasteiger partial charge in [0.1, 0.15) is 0 Å². The molecule has 1 unspecified atom stereocenters. The lowest BCUT2D eigenvalue weighted by Crippen LogP contribution is -2.16. The Balaban J connectivity index is 1.89. The van der Waals surface area contributed by atoms with Gasteiger partial charge in [0.25, 0.3) is 5.91 Å². The molecule has 0 saturated heterocycles. The van der Waals surface area contributed by atoms with Crippen LogP contribution >= 0.6 is 0 Å². The molecule has 7 nitrogen and oxygen atoms in total. The molecule has 3 rings (SSSR count). The minimum absolute atomic E-state index is 0.209. The summed E-state index contributed by atoms with van der Waals surface area (Å²) >= 11 is 0. The molecule has 0 bridgehead atoms. The van der Waals surface area contributed by atoms with E-state index in [1.54, 1.807) is 29.2 Å². The molecule has 3 aromatic rings. The standard InChI is InChI=1S/C16H20N6O/c1-5-10(2)22-12(4)14(8-18-22)20-16(23)13-9-21-15(6-7-17-21)19-11(13)3/h6-10H,5H2,1-4H3,(H,20,23). The van der Waals surface area contributed by atoms with E-state index in [0.29, 0.717) is 17.3 Å². The van der Waals surface area contributed by atoms with Gasteiger partial charge in [-0.2, -0.15) is 10.2 Å². The number of hydrogen-bond donors (Lipinski definition) is 1. The molecule has 1 atom stereocenters. The fourth-order valence-corrected chi connectivity index (χ4v) is 2.52. The zero-order valence-electron chi connectivity index (χ0n) is 13.7. The van der Waals surface area contributed by atoms with Gasteiger partial charge in [0, 0.05) is 18.3 Å². The van der Waals surface area contributed by atoms with Crippen LogP contribution in [0.3, 0.4) is 0 Å². The van der Waals surface area contributed by atoms with Crippen LogP contribution in [0.25, 0.3) is 5.65 Å². The van der Waals surface area contributed by atoms with Gasteiger partial charge in [-0.3, -0.25) is 9.48 Å². The van der Waals surface area contributed by atoms with Gasteiger partial charge in [-0.05, 0) is 27.2 Å². The number of hydrogen-bond acceptors (Lipinski definition) is 4. The van der Waals surface area contributed by atoms with Crippen molar-refractivity contribution in [3.8, 4) is 0 Å². The van der Waals surface area contributed by atoms with Crippen molar-refractivity contribution in [3.63, 3.8) is 0 Å². The van der Waals surface area contributed by atoms with Crippen LogP contribution in [0.4, 0.5) is 5.69 Å². The summed E-state index contributed by atoms with van der Waals surface area (Å²) in [6, 6.07) is 2.10. The Morgan fingerprint density at radius 1 is 1.35 bits per heavy atom. The van der Waals surface area contributed by atoms with Crippen molar-refractivity contribution >= 4 is 17.2 Å². The molecule has 0 saturated carbocycles. The summed E-state index contributed by atoms with van der Waals surface area (Å²) in [5.41, 5.74) is 3.55. The number of nitrogens with zero attached hydrogens (tertiary/aromatic N) is 5. The molecule has 0 aliphatic rings. The number of rotatable bonds is 4. The van der Waals surface area contributed by atoms with Gasteiger partial charge in [-0.1, -0.05) is 6.92 Å². The Hall–Kier alpha value is -2.70. The van der Waals surface area contributed by atoms with Gasteiger partial charge in [0.2, 0.25) is 0 Å². The number of amides is 1. The Morgan fingerprint density at radius 3 is 2.87 bits per heavy atom. The lowest BCUT2D eigenvalue weighted by molar-refractivity contribution is 0.102. The lowest BCUT2D eigenvalue weighted by Gasteiger charge is -2.12. The van der Waals surface area contributed by atoms with E-state index < -0.39 is 0 Å². The second-order valence-electron chi connectivity index (χ2n) is 5.67. The Bertz CT molecular complexity index is 863. The maximum atomic E-state index is 12.6. The summed E-state index contributed by atoms with van der Waals surface area (Å²) in [7, 11) is 0. The van der Waals surface area contributed by atoms with E-state index in [1.165, 1.54) is 0 Å². The van der Waals surface area contributed by atoms with Crippen molar-refractivity contribution in [2.45, 2.75) is 40.2 Å². The number of carbonyl (C=O) groups is 1. The zero-order chi connectivity index (χ0) is 16.6. The molecule has 0 aliphatic heterocycles. The van der Waals surface area contributed by atoms with Crippen LogP contribution < -0.4 is 5.32 Å². The number of fused-ring (bicyclic) bond motifs is 1. The average molecular weight is 312 g/mol. The van der Waals surface area contributed by atoms with E-state index >= 15 is 0 Å². The van der Waals surface area contributed by atoms with Gasteiger partial charge < -0.3 is 5.32 Å². The van der Waals surface area contributed by atoms with Crippen LogP contribution in [-0.2, 0) is 0 Å². The Labute approximate surface area is 134 Å². The summed E-state index contributed by atoms with van der Waals surface area (Å²) in [5.74, 6) is -0.209. The van der Waals surface area contributed by atoms with Crippen molar-refractivity contribution in [3.05, 3.63) is 41.6 Å². The first-order valence-electron chi connectivity index (χ1n) is 7.67.